The highest BCUT2D eigenvalue weighted by Gasteiger charge is 2.24. The van der Waals surface area contributed by atoms with E-state index < -0.39 is 31.3 Å². The van der Waals surface area contributed by atoms with E-state index in [4.69, 9.17) is 4.74 Å². The van der Waals surface area contributed by atoms with Gasteiger partial charge in [0.2, 0.25) is 0 Å². The van der Waals surface area contributed by atoms with Crippen LogP contribution in [0.4, 0.5) is 15.8 Å². The Kier molecular flexibility index (Phi) is 4.85. The fourth-order valence-electron chi connectivity index (χ4n) is 1.76. The molecule has 10 heteroatoms. The van der Waals surface area contributed by atoms with Crippen molar-refractivity contribution in [3.05, 3.63) is 56.8 Å². The molecule has 1 N–H and O–H groups in total. The van der Waals surface area contributed by atoms with E-state index in [1.165, 1.54) is 19.2 Å². The molecule has 0 saturated heterocycles. The summed E-state index contributed by atoms with van der Waals surface area (Å²) in [7, 11) is -3.06. The van der Waals surface area contributed by atoms with E-state index in [0.717, 1.165) is 24.3 Å². The normalized spacial score (nSPS) is 11.1. The fourth-order valence-corrected chi connectivity index (χ4v) is 3.35. The zero-order chi connectivity index (χ0) is 17.2. The summed E-state index contributed by atoms with van der Waals surface area (Å²) in [5.41, 5.74) is -0.718. The topological polar surface area (TPSA) is 98.5 Å². The summed E-state index contributed by atoms with van der Waals surface area (Å²) in [6.45, 7) is 0. The molecule has 122 valence electrons. The van der Waals surface area contributed by atoms with Crippen molar-refractivity contribution in [2.75, 3.05) is 11.8 Å². The van der Waals surface area contributed by atoms with Crippen molar-refractivity contribution in [2.24, 2.45) is 0 Å². The highest BCUT2D eigenvalue weighted by Crippen LogP contribution is 2.30. The average Bonchev–Trinajstić information content (AvgIpc) is 2.49. The van der Waals surface area contributed by atoms with E-state index in [9.17, 15) is 22.9 Å². The lowest BCUT2D eigenvalue weighted by Crippen LogP contribution is -2.15. The third-order valence-electron chi connectivity index (χ3n) is 2.82. The number of nitro benzene ring substituents is 1. The molecule has 0 atom stereocenters. The number of hydrogen-bond donors (Lipinski definition) is 1. The molecule has 0 aliphatic heterocycles. The van der Waals surface area contributed by atoms with Crippen molar-refractivity contribution >= 4 is 37.3 Å². The third kappa shape index (κ3) is 3.77. The van der Waals surface area contributed by atoms with E-state index in [0.29, 0.717) is 4.47 Å². The minimum Gasteiger partial charge on any atom is -0.495 e. The van der Waals surface area contributed by atoms with Gasteiger partial charge in [0.1, 0.15) is 16.5 Å². The number of anilines is 1. The Morgan fingerprint density at radius 2 is 1.96 bits per heavy atom. The van der Waals surface area contributed by atoms with Gasteiger partial charge in [0.05, 0.1) is 17.7 Å². The second kappa shape index (κ2) is 6.50. The SMILES string of the molecule is COc1ccc([N+](=O)[O-])cc1S(=O)(=O)Nc1ccc(Br)cc1F. The molecule has 23 heavy (non-hydrogen) atoms. The summed E-state index contributed by atoms with van der Waals surface area (Å²) >= 11 is 3.06. The lowest BCUT2D eigenvalue weighted by molar-refractivity contribution is -0.385. The molecular weight excluding hydrogens is 395 g/mol. The molecular formula is C13H10BrFN2O5S. The molecule has 0 aliphatic carbocycles. The second-order valence-corrected chi connectivity index (χ2v) is 6.89. The van der Waals surface area contributed by atoms with Crippen LogP contribution < -0.4 is 9.46 Å². The van der Waals surface area contributed by atoms with Crippen molar-refractivity contribution < 1.29 is 22.5 Å². The van der Waals surface area contributed by atoms with E-state index in [1.54, 1.807) is 0 Å². The molecule has 0 fully saturated rings. The largest absolute Gasteiger partial charge is 0.495 e. The van der Waals surface area contributed by atoms with Crippen LogP contribution in [0.3, 0.4) is 0 Å². The van der Waals surface area contributed by atoms with Crippen LogP contribution in [-0.2, 0) is 10.0 Å². The van der Waals surface area contributed by atoms with Crippen LogP contribution >= 0.6 is 15.9 Å². The molecule has 0 saturated carbocycles. The third-order valence-corrected chi connectivity index (χ3v) is 4.70. The molecule has 7 nitrogen and oxygen atoms in total. The Morgan fingerprint density at radius 1 is 1.26 bits per heavy atom. The smallest absolute Gasteiger partial charge is 0.271 e. The highest BCUT2D eigenvalue weighted by atomic mass is 79.9. The first-order valence-corrected chi connectivity index (χ1v) is 8.32. The van der Waals surface area contributed by atoms with Crippen LogP contribution in [0.5, 0.6) is 5.75 Å². The van der Waals surface area contributed by atoms with Crippen molar-refractivity contribution in [1.82, 2.24) is 0 Å². The summed E-state index contributed by atoms with van der Waals surface area (Å²) < 4.78 is 46.0. The van der Waals surface area contributed by atoms with Gasteiger partial charge in [-0.05, 0) is 24.3 Å². The van der Waals surface area contributed by atoms with Crippen molar-refractivity contribution in [2.45, 2.75) is 4.90 Å². The quantitative estimate of drug-likeness (QED) is 0.608. The molecule has 0 unspecified atom stereocenters. The molecule has 0 bridgehead atoms. The minimum absolute atomic E-state index is 0.0966. The van der Waals surface area contributed by atoms with E-state index in [-0.39, 0.29) is 11.4 Å². The molecule has 0 aliphatic rings. The van der Waals surface area contributed by atoms with Gasteiger partial charge in [0, 0.05) is 16.6 Å². The number of nitrogens with one attached hydrogen (secondary N) is 1. The predicted molar refractivity (Wildman–Crippen MR) is 84.6 cm³/mol. The van der Waals surface area contributed by atoms with E-state index in [1.807, 2.05) is 4.72 Å². The summed E-state index contributed by atoms with van der Waals surface area (Å²) in [5.74, 6) is -0.895. The number of rotatable bonds is 5. The van der Waals surface area contributed by atoms with Crippen LogP contribution in [0.25, 0.3) is 0 Å². The van der Waals surface area contributed by atoms with Gasteiger partial charge in [-0.25, -0.2) is 12.8 Å². The monoisotopic (exact) mass is 404 g/mol. The fraction of sp³-hybridized carbons (Fsp3) is 0.0769. The average molecular weight is 405 g/mol. The number of non-ortho nitro benzene ring substituents is 1. The Morgan fingerprint density at radius 3 is 2.52 bits per heavy atom. The lowest BCUT2D eigenvalue weighted by Gasteiger charge is -2.12. The molecule has 0 radical (unpaired) electrons. The van der Waals surface area contributed by atoms with E-state index in [2.05, 4.69) is 15.9 Å². The molecule has 0 heterocycles. The number of nitrogens with zero attached hydrogens (tertiary/aromatic N) is 1. The Hall–Kier alpha value is -2.20. The van der Waals surface area contributed by atoms with Gasteiger partial charge in [-0.3, -0.25) is 14.8 Å². The Balaban J connectivity index is 2.50. The first kappa shape index (κ1) is 17.2. The second-order valence-electron chi connectivity index (χ2n) is 4.32. The molecule has 2 rings (SSSR count). The van der Waals surface area contributed by atoms with Crippen LogP contribution in [0.2, 0.25) is 0 Å². The molecule has 0 spiro atoms. The van der Waals surface area contributed by atoms with E-state index >= 15 is 0 Å². The van der Waals surface area contributed by atoms with Crippen molar-refractivity contribution in [3.8, 4) is 5.75 Å². The van der Waals surface area contributed by atoms with Gasteiger partial charge in [-0.1, -0.05) is 15.9 Å². The van der Waals surface area contributed by atoms with Crippen LogP contribution in [-0.4, -0.2) is 20.5 Å². The van der Waals surface area contributed by atoms with Gasteiger partial charge in [-0.15, -0.1) is 0 Å². The predicted octanol–water partition coefficient (Wildman–Crippen LogP) is 3.31. The standard InChI is InChI=1S/C13H10BrFN2O5S/c1-22-12-5-3-9(17(18)19)7-13(12)23(20,21)16-11-4-2-8(14)6-10(11)15/h2-7,16H,1H3. The highest BCUT2D eigenvalue weighted by molar-refractivity contribution is 9.10. The van der Waals surface area contributed by atoms with Crippen LogP contribution in [0, 0.1) is 15.9 Å². The number of hydrogen-bond acceptors (Lipinski definition) is 5. The van der Waals surface area contributed by atoms with Crippen LogP contribution in [0.1, 0.15) is 0 Å². The number of nitro groups is 1. The number of ether oxygens (including phenoxy) is 1. The molecule has 0 aromatic heterocycles. The summed E-state index contributed by atoms with van der Waals surface area (Å²) in [4.78, 5) is 9.61. The van der Waals surface area contributed by atoms with Gasteiger partial charge in [0.15, 0.2) is 0 Å². The molecule has 2 aromatic rings. The summed E-state index contributed by atoms with van der Waals surface area (Å²) in [5, 5.41) is 10.8. The maximum Gasteiger partial charge on any atom is 0.271 e. The zero-order valence-electron chi connectivity index (χ0n) is 11.6. The van der Waals surface area contributed by atoms with Crippen molar-refractivity contribution in [3.63, 3.8) is 0 Å². The zero-order valence-corrected chi connectivity index (χ0v) is 14.0. The number of benzene rings is 2. The van der Waals surface area contributed by atoms with Crippen molar-refractivity contribution in [1.29, 1.82) is 0 Å². The van der Waals surface area contributed by atoms with Gasteiger partial charge < -0.3 is 4.74 Å². The first-order chi connectivity index (χ1) is 10.7. The number of halogens is 2. The van der Waals surface area contributed by atoms with Gasteiger partial charge in [-0.2, -0.15) is 0 Å². The summed E-state index contributed by atoms with van der Waals surface area (Å²) in [6.07, 6.45) is 0. The number of sulfonamides is 1. The molecule has 2 aromatic carbocycles. The van der Waals surface area contributed by atoms with Gasteiger partial charge in [0.25, 0.3) is 15.7 Å². The minimum atomic E-state index is -4.28. The maximum absolute atomic E-state index is 13.8. The van der Waals surface area contributed by atoms with Crippen LogP contribution in [0.15, 0.2) is 45.8 Å². The summed E-state index contributed by atoms with van der Waals surface area (Å²) in [6, 6.07) is 6.87. The Bertz CT molecular complexity index is 873. The van der Waals surface area contributed by atoms with Gasteiger partial charge >= 0.3 is 0 Å². The lowest BCUT2D eigenvalue weighted by atomic mass is 10.3. The number of methoxy groups -OCH3 is 1. The molecule has 0 amide bonds. The maximum atomic E-state index is 13.8. The first-order valence-electron chi connectivity index (χ1n) is 6.05. The Labute approximate surface area is 139 Å².